The maximum Gasteiger partial charge on any atom is 0.255 e. The van der Waals surface area contributed by atoms with E-state index in [0.717, 1.165) is 50.1 Å². The van der Waals surface area contributed by atoms with Crippen LogP contribution in [0.2, 0.25) is 0 Å². The summed E-state index contributed by atoms with van der Waals surface area (Å²) >= 11 is 1.46. The Morgan fingerprint density at radius 3 is 2.58 bits per heavy atom. The lowest BCUT2D eigenvalue weighted by Crippen LogP contribution is -2.29. The van der Waals surface area contributed by atoms with E-state index in [9.17, 15) is 13.2 Å². The molecular weight excluding hydrogens is 344 g/mol. The summed E-state index contributed by atoms with van der Waals surface area (Å²) in [6.07, 6.45) is 6.77. The van der Waals surface area contributed by atoms with Gasteiger partial charge in [0, 0.05) is 24.5 Å². The topological polar surface area (TPSA) is 66.5 Å². The number of hydrogen-bond acceptors (Lipinski definition) is 4. The van der Waals surface area contributed by atoms with Crippen LogP contribution < -0.4 is 4.72 Å². The van der Waals surface area contributed by atoms with E-state index in [1.54, 1.807) is 17.0 Å². The highest BCUT2D eigenvalue weighted by atomic mass is 32.2. The first-order valence-corrected chi connectivity index (χ1v) is 11.2. The first-order chi connectivity index (χ1) is 11.5. The molecule has 1 aromatic rings. The molecule has 0 aromatic heterocycles. The third-order valence-corrected chi connectivity index (χ3v) is 6.43. The van der Waals surface area contributed by atoms with Crippen LogP contribution in [0.3, 0.4) is 0 Å². The van der Waals surface area contributed by atoms with Crippen LogP contribution >= 0.6 is 11.8 Å². The Hall–Kier alpha value is -1.05. The van der Waals surface area contributed by atoms with E-state index in [-0.39, 0.29) is 10.8 Å². The number of thioether (sulfide) groups is 1. The Balaban J connectivity index is 2.22. The molecule has 0 saturated carbocycles. The molecule has 0 radical (unpaired) electrons. The minimum absolute atomic E-state index is 0.0696. The SMILES string of the molecule is CCCCCNS(=O)(=O)c1ccc(SC)c(C(=O)N2CCCC2)c1. The fraction of sp³-hybridized carbons (Fsp3) is 0.588. The summed E-state index contributed by atoms with van der Waals surface area (Å²) in [6, 6.07) is 4.83. The summed E-state index contributed by atoms with van der Waals surface area (Å²) in [6.45, 7) is 4.00. The third-order valence-electron chi connectivity index (χ3n) is 4.18. The molecule has 1 aliphatic heterocycles. The summed E-state index contributed by atoms with van der Waals surface area (Å²) in [5, 5.41) is 0. The minimum Gasteiger partial charge on any atom is -0.339 e. The first kappa shape index (κ1) is 19.3. The zero-order valence-electron chi connectivity index (χ0n) is 14.4. The van der Waals surface area contributed by atoms with E-state index < -0.39 is 10.0 Å². The maximum atomic E-state index is 12.7. The predicted molar refractivity (Wildman–Crippen MR) is 98.1 cm³/mol. The van der Waals surface area contributed by atoms with E-state index in [4.69, 9.17) is 0 Å². The van der Waals surface area contributed by atoms with Crippen molar-refractivity contribution >= 4 is 27.7 Å². The van der Waals surface area contributed by atoms with Crippen LogP contribution in [-0.4, -0.2) is 45.1 Å². The molecule has 0 atom stereocenters. The number of nitrogens with zero attached hydrogens (tertiary/aromatic N) is 1. The van der Waals surface area contributed by atoms with Crippen LogP contribution in [0.25, 0.3) is 0 Å². The van der Waals surface area contributed by atoms with Gasteiger partial charge in [0.1, 0.15) is 0 Å². The maximum absolute atomic E-state index is 12.7. The second kappa shape index (κ2) is 8.87. The number of carbonyl (C=O) groups is 1. The number of amides is 1. The van der Waals surface area contributed by atoms with Crippen molar-refractivity contribution in [3.8, 4) is 0 Å². The molecule has 0 unspecified atom stereocenters. The minimum atomic E-state index is -3.58. The van der Waals surface area contributed by atoms with Crippen LogP contribution in [0.4, 0.5) is 0 Å². The average molecular weight is 371 g/mol. The van der Waals surface area contributed by atoms with E-state index in [1.807, 2.05) is 6.26 Å². The molecule has 1 N–H and O–H groups in total. The Bertz CT molecular complexity index is 668. The zero-order chi connectivity index (χ0) is 17.6. The lowest BCUT2D eigenvalue weighted by Gasteiger charge is -2.18. The Morgan fingerprint density at radius 2 is 1.96 bits per heavy atom. The van der Waals surface area contributed by atoms with Gasteiger partial charge >= 0.3 is 0 Å². The molecule has 1 saturated heterocycles. The zero-order valence-corrected chi connectivity index (χ0v) is 16.0. The number of likely N-dealkylation sites (tertiary alicyclic amines) is 1. The number of benzene rings is 1. The highest BCUT2D eigenvalue weighted by Gasteiger charge is 2.24. The Labute approximate surface area is 149 Å². The summed E-state index contributed by atoms with van der Waals surface area (Å²) in [5.74, 6) is -0.0696. The summed E-state index contributed by atoms with van der Waals surface area (Å²) in [4.78, 5) is 15.5. The standard InChI is InChI=1S/C17H26N2O3S2/c1-3-4-5-10-18-24(21,22)14-8-9-16(23-2)15(13-14)17(20)19-11-6-7-12-19/h8-9,13,18H,3-7,10-12H2,1-2H3. The third kappa shape index (κ3) is 4.74. The van der Waals surface area contributed by atoms with Gasteiger partial charge in [0.2, 0.25) is 10.0 Å². The highest BCUT2D eigenvalue weighted by molar-refractivity contribution is 7.98. The molecule has 1 aromatic carbocycles. The molecule has 7 heteroatoms. The van der Waals surface area contributed by atoms with E-state index in [2.05, 4.69) is 11.6 Å². The number of hydrogen-bond donors (Lipinski definition) is 1. The van der Waals surface area contributed by atoms with Crippen molar-refractivity contribution in [2.75, 3.05) is 25.9 Å². The summed E-state index contributed by atoms with van der Waals surface area (Å²) in [7, 11) is -3.58. The van der Waals surface area contributed by atoms with E-state index >= 15 is 0 Å². The molecule has 5 nitrogen and oxygen atoms in total. The molecule has 1 aliphatic rings. The van der Waals surface area contributed by atoms with Gasteiger partial charge in [0.25, 0.3) is 5.91 Å². The second-order valence-corrected chi connectivity index (χ2v) is 8.58. The second-order valence-electron chi connectivity index (χ2n) is 5.97. The smallest absolute Gasteiger partial charge is 0.255 e. The van der Waals surface area contributed by atoms with Crippen LogP contribution in [-0.2, 0) is 10.0 Å². The number of nitrogens with one attached hydrogen (secondary N) is 1. The largest absolute Gasteiger partial charge is 0.339 e. The molecular formula is C17H26N2O3S2. The summed E-state index contributed by atoms with van der Waals surface area (Å²) in [5.41, 5.74) is 0.487. The molecule has 24 heavy (non-hydrogen) atoms. The van der Waals surface area contributed by atoms with E-state index in [0.29, 0.717) is 12.1 Å². The molecule has 1 fully saturated rings. The Kier molecular flexibility index (Phi) is 7.13. The van der Waals surface area contributed by atoms with Gasteiger partial charge in [-0.1, -0.05) is 19.8 Å². The predicted octanol–water partition coefficient (Wildman–Crippen LogP) is 3.11. The van der Waals surface area contributed by atoms with Crippen molar-refractivity contribution < 1.29 is 13.2 Å². The highest BCUT2D eigenvalue weighted by Crippen LogP contribution is 2.26. The fourth-order valence-corrected chi connectivity index (χ4v) is 4.45. The van der Waals surface area contributed by atoms with Crippen molar-refractivity contribution in [2.45, 2.75) is 48.8 Å². The lowest BCUT2D eigenvalue weighted by molar-refractivity contribution is 0.0789. The number of carbonyl (C=O) groups excluding carboxylic acids is 1. The van der Waals surface area contributed by atoms with Gasteiger partial charge < -0.3 is 4.90 Å². The van der Waals surface area contributed by atoms with Gasteiger partial charge in [0.05, 0.1) is 10.5 Å². The van der Waals surface area contributed by atoms with E-state index in [1.165, 1.54) is 17.8 Å². The van der Waals surface area contributed by atoms with Crippen molar-refractivity contribution in [1.82, 2.24) is 9.62 Å². The van der Waals surface area contributed by atoms with Crippen molar-refractivity contribution in [1.29, 1.82) is 0 Å². The van der Waals surface area contributed by atoms with Crippen molar-refractivity contribution in [2.24, 2.45) is 0 Å². The Morgan fingerprint density at radius 1 is 1.25 bits per heavy atom. The van der Waals surface area contributed by atoms with Gasteiger partial charge in [-0.2, -0.15) is 0 Å². The monoisotopic (exact) mass is 370 g/mol. The molecule has 0 bridgehead atoms. The molecule has 0 spiro atoms. The van der Waals surface area contributed by atoms with Gasteiger partial charge in [-0.3, -0.25) is 4.79 Å². The molecule has 134 valence electrons. The summed E-state index contributed by atoms with van der Waals surface area (Å²) < 4.78 is 27.5. The lowest BCUT2D eigenvalue weighted by atomic mass is 10.2. The normalized spacial score (nSPS) is 15.0. The van der Waals surface area contributed by atoms with Crippen molar-refractivity contribution in [3.63, 3.8) is 0 Å². The van der Waals surface area contributed by atoms with Gasteiger partial charge in [-0.15, -0.1) is 11.8 Å². The average Bonchev–Trinajstić information content (AvgIpc) is 3.12. The molecule has 0 aliphatic carbocycles. The van der Waals surface area contributed by atoms with Gasteiger partial charge in [-0.25, -0.2) is 13.1 Å². The number of rotatable bonds is 8. The van der Waals surface area contributed by atoms with Crippen molar-refractivity contribution in [3.05, 3.63) is 23.8 Å². The number of unbranched alkanes of at least 4 members (excludes halogenated alkanes) is 2. The quantitative estimate of drug-likeness (QED) is 0.564. The number of sulfonamides is 1. The molecule has 2 rings (SSSR count). The molecule has 1 heterocycles. The fourth-order valence-electron chi connectivity index (χ4n) is 2.78. The van der Waals surface area contributed by atoms with Gasteiger partial charge in [-0.05, 0) is 43.7 Å². The van der Waals surface area contributed by atoms with Crippen LogP contribution in [0.5, 0.6) is 0 Å². The first-order valence-electron chi connectivity index (χ1n) is 8.46. The van der Waals surface area contributed by atoms with Gasteiger partial charge in [0.15, 0.2) is 0 Å². The molecule has 1 amide bonds. The van der Waals surface area contributed by atoms with Crippen LogP contribution in [0.1, 0.15) is 49.4 Å². The van der Waals surface area contributed by atoms with Crippen LogP contribution in [0, 0.1) is 0 Å². The van der Waals surface area contributed by atoms with Crippen LogP contribution in [0.15, 0.2) is 28.0 Å².